The van der Waals surface area contributed by atoms with Crippen LogP contribution in [-0.2, 0) is 4.74 Å². The Morgan fingerprint density at radius 3 is 3.17 bits per heavy atom. The average Bonchev–Trinajstić information content (AvgIpc) is 2.87. The number of nitrogens with zero attached hydrogens (tertiary/aromatic N) is 3. The number of fused-ring (bicyclic) bond motifs is 1. The summed E-state index contributed by atoms with van der Waals surface area (Å²) in [5.41, 5.74) is 0. The maximum absolute atomic E-state index is 11.0. The fourth-order valence-electron chi connectivity index (χ4n) is 1.65. The van der Waals surface area contributed by atoms with E-state index in [1.54, 1.807) is 18.7 Å². The number of aromatic nitrogens is 2. The Labute approximate surface area is 108 Å². The van der Waals surface area contributed by atoms with E-state index in [2.05, 4.69) is 10.3 Å². The van der Waals surface area contributed by atoms with Gasteiger partial charge in [-0.25, -0.2) is 0 Å². The first-order valence-electron chi connectivity index (χ1n) is 5.57. The second-order valence-corrected chi connectivity index (χ2v) is 4.60. The third-order valence-corrected chi connectivity index (χ3v) is 3.23. The van der Waals surface area contributed by atoms with Crippen molar-refractivity contribution in [3.8, 4) is 0 Å². The number of rotatable bonds is 7. The molecule has 0 aliphatic rings. The molecule has 2 heterocycles. The van der Waals surface area contributed by atoms with Gasteiger partial charge in [-0.3, -0.25) is 0 Å². The molecule has 0 unspecified atom stereocenters. The van der Waals surface area contributed by atoms with Crippen LogP contribution in [0.3, 0.4) is 0 Å². The second-order valence-electron chi connectivity index (χ2n) is 3.72. The fraction of sp³-hybridized carbons (Fsp3) is 0.500. The zero-order valence-electron chi connectivity index (χ0n) is 9.96. The van der Waals surface area contributed by atoms with Gasteiger partial charge in [-0.15, -0.1) is 0 Å². The first kappa shape index (κ1) is 12.8. The highest BCUT2D eigenvalue weighted by Gasteiger charge is 2.22. The van der Waals surface area contributed by atoms with Crippen LogP contribution in [-0.4, -0.2) is 34.6 Å². The summed E-state index contributed by atoms with van der Waals surface area (Å²) in [5.74, 6) is 0.335. The predicted octanol–water partition coefficient (Wildman–Crippen LogP) is 2.14. The van der Waals surface area contributed by atoms with E-state index < -0.39 is 4.92 Å². The molecule has 7 nitrogen and oxygen atoms in total. The number of ether oxygens (including phenoxy) is 1. The highest BCUT2D eigenvalue weighted by molar-refractivity contribution is 7.15. The average molecular weight is 270 g/mol. The molecule has 0 aliphatic carbocycles. The molecule has 0 bridgehead atoms. The summed E-state index contributed by atoms with van der Waals surface area (Å²) >= 11 is 1.37. The predicted molar refractivity (Wildman–Crippen MR) is 69.3 cm³/mol. The van der Waals surface area contributed by atoms with E-state index in [9.17, 15) is 10.1 Å². The number of imidazole rings is 1. The highest BCUT2D eigenvalue weighted by Crippen LogP contribution is 2.27. The summed E-state index contributed by atoms with van der Waals surface area (Å²) in [5, 5.41) is 15.8. The van der Waals surface area contributed by atoms with Crippen LogP contribution in [0.25, 0.3) is 4.96 Å². The van der Waals surface area contributed by atoms with Gasteiger partial charge in [0.1, 0.15) is 6.20 Å². The molecule has 8 heteroatoms. The minimum atomic E-state index is -0.412. The van der Waals surface area contributed by atoms with Crippen LogP contribution in [0.1, 0.15) is 12.8 Å². The van der Waals surface area contributed by atoms with Crippen molar-refractivity contribution >= 4 is 27.9 Å². The van der Waals surface area contributed by atoms with Crippen molar-refractivity contribution < 1.29 is 9.66 Å². The molecule has 0 radical (unpaired) electrons. The van der Waals surface area contributed by atoms with E-state index in [0.717, 1.165) is 12.8 Å². The fourth-order valence-corrected chi connectivity index (χ4v) is 2.35. The Balaban J connectivity index is 2.05. The van der Waals surface area contributed by atoms with Crippen molar-refractivity contribution in [2.45, 2.75) is 12.8 Å². The molecule has 18 heavy (non-hydrogen) atoms. The number of thiazole rings is 1. The zero-order chi connectivity index (χ0) is 13.0. The molecule has 0 aliphatic heterocycles. The van der Waals surface area contributed by atoms with Crippen LogP contribution in [0.4, 0.5) is 11.6 Å². The molecule has 2 aromatic heterocycles. The van der Waals surface area contributed by atoms with Crippen LogP contribution >= 0.6 is 11.3 Å². The molecule has 0 atom stereocenters. The Morgan fingerprint density at radius 2 is 2.44 bits per heavy atom. The third kappa shape index (κ3) is 2.59. The maximum Gasteiger partial charge on any atom is 0.372 e. The smallest absolute Gasteiger partial charge is 0.372 e. The van der Waals surface area contributed by atoms with Gasteiger partial charge in [-0.2, -0.15) is 9.38 Å². The molecular weight excluding hydrogens is 256 g/mol. The molecule has 2 aromatic rings. The Morgan fingerprint density at radius 1 is 1.61 bits per heavy atom. The van der Waals surface area contributed by atoms with Gasteiger partial charge in [0.05, 0.1) is 0 Å². The lowest BCUT2D eigenvalue weighted by Crippen LogP contribution is -2.05. The second kappa shape index (κ2) is 5.78. The molecule has 0 saturated carbocycles. The van der Waals surface area contributed by atoms with Gasteiger partial charge in [0, 0.05) is 25.6 Å². The van der Waals surface area contributed by atoms with E-state index >= 15 is 0 Å². The lowest BCUT2D eigenvalue weighted by atomic mass is 10.3. The number of anilines is 1. The highest BCUT2D eigenvalue weighted by atomic mass is 32.1. The third-order valence-electron chi connectivity index (χ3n) is 2.48. The van der Waals surface area contributed by atoms with Crippen molar-refractivity contribution in [3.63, 3.8) is 0 Å². The number of unbranched alkanes of at least 4 members (excludes halogenated alkanes) is 1. The molecular formula is C10H14N4O3S. The molecule has 0 aromatic carbocycles. The van der Waals surface area contributed by atoms with Gasteiger partial charge in [-0.05, 0) is 17.8 Å². The van der Waals surface area contributed by atoms with Gasteiger partial charge in [-0.1, -0.05) is 11.3 Å². The first-order chi connectivity index (χ1) is 8.74. The minimum absolute atomic E-state index is 0.00186. The molecule has 0 saturated heterocycles. The summed E-state index contributed by atoms with van der Waals surface area (Å²) in [7, 11) is 1.65. The van der Waals surface area contributed by atoms with E-state index in [4.69, 9.17) is 4.74 Å². The number of methoxy groups -OCH3 is 1. The van der Waals surface area contributed by atoms with Gasteiger partial charge < -0.3 is 20.2 Å². The number of hydrogen-bond donors (Lipinski definition) is 1. The van der Waals surface area contributed by atoms with E-state index in [-0.39, 0.29) is 5.82 Å². The summed E-state index contributed by atoms with van der Waals surface area (Å²) in [6.45, 7) is 1.34. The van der Waals surface area contributed by atoms with Crippen molar-refractivity contribution in [2.24, 2.45) is 0 Å². The number of nitro groups is 1. The lowest BCUT2D eigenvalue weighted by Gasteiger charge is -2.02. The summed E-state index contributed by atoms with van der Waals surface area (Å²) in [6, 6.07) is 0. The van der Waals surface area contributed by atoms with E-state index in [1.807, 2.05) is 0 Å². The van der Waals surface area contributed by atoms with Crippen LogP contribution in [0.5, 0.6) is 0 Å². The van der Waals surface area contributed by atoms with Crippen molar-refractivity contribution in [1.82, 2.24) is 9.38 Å². The normalized spacial score (nSPS) is 10.9. The summed E-state index contributed by atoms with van der Waals surface area (Å²) < 4.78 is 6.43. The molecule has 98 valence electrons. The standard InChI is InChI=1S/C10H14N4O3S/c1-17-6-3-2-4-11-8-9(14(15)16)13-5-7-18-10(13)12-8/h5,7,11H,2-4,6H2,1H3. The number of nitrogens with one attached hydrogen (secondary N) is 1. The zero-order valence-corrected chi connectivity index (χ0v) is 10.8. The first-order valence-corrected chi connectivity index (χ1v) is 6.44. The lowest BCUT2D eigenvalue weighted by molar-refractivity contribution is -0.389. The molecule has 2 rings (SSSR count). The monoisotopic (exact) mass is 270 g/mol. The summed E-state index contributed by atoms with van der Waals surface area (Å²) in [6.07, 6.45) is 3.46. The maximum atomic E-state index is 11.0. The Bertz CT molecular complexity index is 536. The van der Waals surface area contributed by atoms with Gasteiger partial charge >= 0.3 is 5.82 Å². The molecule has 0 fully saturated rings. The minimum Gasteiger partial charge on any atom is -0.385 e. The van der Waals surface area contributed by atoms with E-state index in [1.165, 1.54) is 15.7 Å². The SMILES string of the molecule is COCCCCNc1nc2sccn2c1[N+](=O)[O-]. The Kier molecular flexibility index (Phi) is 4.11. The van der Waals surface area contributed by atoms with Crippen molar-refractivity contribution in [1.29, 1.82) is 0 Å². The van der Waals surface area contributed by atoms with Crippen molar-refractivity contribution in [3.05, 3.63) is 21.7 Å². The van der Waals surface area contributed by atoms with Crippen molar-refractivity contribution in [2.75, 3.05) is 25.6 Å². The Hall–Kier alpha value is -1.67. The van der Waals surface area contributed by atoms with Gasteiger partial charge in [0.25, 0.3) is 4.96 Å². The van der Waals surface area contributed by atoms with E-state index in [0.29, 0.717) is 23.9 Å². The molecule has 1 N–H and O–H groups in total. The molecule has 0 spiro atoms. The van der Waals surface area contributed by atoms with Gasteiger partial charge in [0.2, 0.25) is 5.82 Å². The van der Waals surface area contributed by atoms with Crippen LogP contribution in [0.15, 0.2) is 11.6 Å². The molecule has 0 amide bonds. The van der Waals surface area contributed by atoms with Crippen LogP contribution in [0, 0.1) is 10.1 Å². The quantitative estimate of drug-likeness (QED) is 0.473. The number of hydrogen-bond acceptors (Lipinski definition) is 6. The summed E-state index contributed by atoms with van der Waals surface area (Å²) in [4.78, 5) is 15.4. The topological polar surface area (TPSA) is 81.7 Å². The van der Waals surface area contributed by atoms with Crippen LogP contribution in [0.2, 0.25) is 0 Å². The van der Waals surface area contributed by atoms with Gasteiger partial charge in [0.15, 0.2) is 0 Å². The largest absolute Gasteiger partial charge is 0.385 e. The van der Waals surface area contributed by atoms with Crippen LogP contribution < -0.4 is 5.32 Å².